The van der Waals surface area contributed by atoms with Crippen LogP contribution >= 0.6 is 11.6 Å². The van der Waals surface area contributed by atoms with Gasteiger partial charge in [0.05, 0.1) is 22.7 Å². The van der Waals surface area contributed by atoms with E-state index in [0.717, 1.165) is 24.3 Å². The molecule has 0 saturated carbocycles. The summed E-state index contributed by atoms with van der Waals surface area (Å²) in [5, 5.41) is 4.07. The van der Waals surface area contributed by atoms with Gasteiger partial charge in [-0.2, -0.15) is 13.5 Å². The molecule has 0 aromatic heterocycles. The first-order valence-corrected chi connectivity index (χ1v) is 8.51. The van der Waals surface area contributed by atoms with Crippen molar-refractivity contribution in [2.75, 3.05) is 6.61 Å². The Morgan fingerprint density at radius 1 is 1.26 bits per heavy atom. The number of hydrogen-bond donors (Lipinski definition) is 1. The molecule has 2 rings (SSSR count). The summed E-state index contributed by atoms with van der Waals surface area (Å²) in [7, 11) is -3.85. The molecule has 0 atom stereocenters. The van der Waals surface area contributed by atoms with Crippen LogP contribution in [-0.2, 0) is 10.0 Å². The van der Waals surface area contributed by atoms with E-state index in [-0.39, 0.29) is 4.90 Å². The fourth-order valence-electron chi connectivity index (χ4n) is 1.71. The zero-order valence-electron chi connectivity index (χ0n) is 12.2. The van der Waals surface area contributed by atoms with Crippen molar-refractivity contribution in [1.82, 2.24) is 4.83 Å². The lowest BCUT2D eigenvalue weighted by atomic mass is 10.2. The van der Waals surface area contributed by atoms with E-state index in [1.54, 1.807) is 18.2 Å². The predicted octanol–water partition coefficient (Wildman–Crippen LogP) is 3.19. The van der Waals surface area contributed by atoms with Crippen molar-refractivity contribution in [3.63, 3.8) is 0 Å². The Kier molecular flexibility index (Phi) is 5.57. The number of hydrazone groups is 1. The second kappa shape index (κ2) is 7.43. The van der Waals surface area contributed by atoms with E-state index in [9.17, 15) is 12.8 Å². The van der Waals surface area contributed by atoms with Gasteiger partial charge in [-0.1, -0.05) is 11.6 Å². The van der Waals surface area contributed by atoms with Crippen LogP contribution in [0.25, 0.3) is 0 Å². The van der Waals surface area contributed by atoms with Crippen LogP contribution in [0.5, 0.6) is 5.75 Å². The monoisotopic (exact) mass is 356 g/mol. The highest BCUT2D eigenvalue weighted by atomic mass is 35.5. The molecule has 122 valence electrons. The van der Waals surface area contributed by atoms with E-state index in [0.29, 0.717) is 22.9 Å². The first-order valence-electron chi connectivity index (χ1n) is 6.65. The van der Waals surface area contributed by atoms with Crippen molar-refractivity contribution in [2.24, 2.45) is 5.10 Å². The Morgan fingerprint density at radius 2 is 1.96 bits per heavy atom. The normalized spacial score (nSPS) is 11.6. The zero-order chi connectivity index (χ0) is 16.9. The molecular weight excluding hydrogens is 343 g/mol. The van der Waals surface area contributed by atoms with Crippen LogP contribution in [0.3, 0.4) is 0 Å². The lowest BCUT2D eigenvalue weighted by Crippen LogP contribution is -2.18. The molecule has 0 aliphatic carbocycles. The summed E-state index contributed by atoms with van der Waals surface area (Å²) in [6, 6.07) is 9.38. The van der Waals surface area contributed by atoms with Gasteiger partial charge in [0, 0.05) is 0 Å². The first-order chi connectivity index (χ1) is 10.9. The Morgan fingerprint density at radius 3 is 2.57 bits per heavy atom. The average molecular weight is 357 g/mol. The lowest BCUT2D eigenvalue weighted by Gasteiger charge is -2.06. The fourth-order valence-corrected chi connectivity index (χ4v) is 2.74. The van der Waals surface area contributed by atoms with E-state index in [1.807, 2.05) is 11.8 Å². The Labute approximate surface area is 138 Å². The third-order valence-electron chi connectivity index (χ3n) is 2.77. The minimum absolute atomic E-state index is 0.0826. The standard InChI is InChI=1S/C15H14ClFN2O3S/c1-2-22-15-8-3-11(9-14(15)16)10-18-19-23(20,21)13-6-4-12(17)5-7-13/h3-10,19H,2H2,1H3/b18-10+. The minimum atomic E-state index is -3.85. The van der Waals surface area contributed by atoms with Gasteiger partial charge in [0.15, 0.2) is 0 Å². The topological polar surface area (TPSA) is 67.8 Å². The van der Waals surface area contributed by atoms with E-state index in [1.165, 1.54) is 6.21 Å². The predicted molar refractivity (Wildman–Crippen MR) is 86.9 cm³/mol. The SMILES string of the molecule is CCOc1ccc(/C=N/NS(=O)(=O)c2ccc(F)cc2)cc1Cl. The molecule has 2 aromatic rings. The van der Waals surface area contributed by atoms with Crippen LogP contribution in [0.1, 0.15) is 12.5 Å². The third kappa shape index (κ3) is 4.67. The summed E-state index contributed by atoms with van der Waals surface area (Å²) in [4.78, 5) is 1.96. The molecule has 0 bridgehead atoms. The largest absolute Gasteiger partial charge is 0.492 e. The maximum absolute atomic E-state index is 12.8. The summed E-state index contributed by atoms with van der Waals surface area (Å²) < 4.78 is 42.0. The fraction of sp³-hybridized carbons (Fsp3) is 0.133. The van der Waals surface area contributed by atoms with E-state index < -0.39 is 15.8 Å². The first kappa shape index (κ1) is 17.2. The van der Waals surface area contributed by atoms with Crippen molar-refractivity contribution in [1.29, 1.82) is 0 Å². The molecule has 23 heavy (non-hydrogen) atoms. The van der Waals surface area contributed by atoms with E-state index >= 15 is 0 Å². The molecular formula is C15H14ClFN2O3S. The van der Waals surface area contributed by atoms with Crippen molar-refractivity contribution in [3.05, 3.63) is 58.9 Å². The van der Waals surface area contributed by atoms with Crippen molar-refractivity contribution in [2.45, 2.75) is 11.8 Å². The smallest absolute Gasteiger partial charge is 0.276 e. The van der Waals surface area contributed by atoms with Crippen LogP contribution in [0.2, 0.25) is 5.02 Å². The van der Waals surface area contributed by atoms with Crippen LogP contribution < -0.4 is 9.57 Å². The molecule has 0 fully saturated rings. The highest BCUT2D eigenvalue weighted by molar-refractivity contribution is 7.89. The van der Waals surface area contributed by atoms with Crippen LogP contribution in [0.15, 0.2) is 52.5 Å². The zero-order valence-corrected chi connectivity index (χ0v) is 13.7. The number of rotatable bonds is 6. The van der Waals surface area contributed by atoms with Gasteiger partial charge in [0.2, 0.25) is 0 Å². The summed E-state index contributed by atoms with van der Waals surface area (Å²) in [6.07, 6.45) is 1.31. The number of sulfonamides is 1. The van der Waals surface area contributed by atoms with Gasteiger partial charge in [-0.25, -0.2) is 9.22 Å². The lowest BCUT2D eigenvalue weighted by molar-refractivity contribution is 0.340. The van der Waals surface area contributed by atoms with Gasteiger partial charge in [0.1, 0.15) is 11.6 Å². The van der Waals surface area contributed by atoms with Crippen LogP contribution in [-0.4, -0.2) is 21.2 Å². The molecule has 2 aromatic carbocycles. The van der Waals surface area contributed by atoms with Gasteiger partial charge in [-0.05, 0) is 55.0 Å². The molecule has 5 nitrogen and oxygen atoms in total. The summed E-state index contributed by atoms with van der Waals surface area (Å²) in [5.41, 5.74) is 0.597. The van der Waals surface area contributed by atoms with Crippen LogP contribution in [0, 0.1) is 5.82 Å². The van der Waals surface area contributed by atoms with Crippen molar-refractivity contribution >= 4 is 27.8 Å². The molecule has 0 heterocycles. The van der Waals surface area contributed by atoms with Gasteiger partial charge in [-0.15, -0.1) is 0 Å². The number of nitrogens with one attached hydrogen (secondary N) is 1. The van der Waals surface area contributed by atoms with E-state index in [4.69, 9.17) is 16.3 Å². The number of halogens is 2. The Hall–Kier alpha value is -2.12. The number of benzene rings is 2. The van der Waals surface area contributed by atoms with Gasteiger partial charge < -0.3 is 4.74 Å². The maximum Gasteiger partial charge on any atom is 0.276 e. The average Bonchev–Trinajstić information content (AvgIpc) is 2.50. The molecule has 0 radical (unpaired) electrons. The number of hydrogen-bond acceptors (Lipinski definition) is 4. The van der Waals surface area contributed by atoms with Gasteiger partial charge in [0.25, 0.3) is 10.0 Å². The molecule has 0 aliphatic rings. The molecule has 0 amide bonds. The molecule has 0 unspecified atom stereocenters. The summed E-state index contributed by atoms with van der Waals surface area (Å²) in [6.45, 7) is 2.33. The molecule has 0 spiro atoms. The Balaban J connectivity index is 2.09. The second-order valence-electron chi connectivity index (χ2n) is 4.43. The molecule has 8 heteroatoms. The van der Waals surface area contributed by atoms with Gasteiger partial charge >= 0.3 is 0 Å². The summed E-state index contributed by atoms with van der Waals surface area (Å²) in [5.74, 6) is 0.0229. The third-order valence-corrected chi connectivity index (χ3v) is 4.30. The van der Waals surface area contributed by atoms with E-state index in [2.05, 4.69) is 5.10 Å². The van der Waals surface area contributed by atoms with Crippen molar-refractivity contribution < 1.29 is 17.5 Å². The Bertz CT molecular complexity index is 808. The minimum Gasteiger partial charge on any atom is -0.492 e. The molecule has 0 aliphatic heterocycles. The number of nitrogens with zero attached hydrogens (tertiary/aromatic N) is 1. The highest BCUT2D eigenvalue weighted by Gasteiger charge is 2.12. The highest BCUT2D eigenvalue weighted by Crippen LogP contribution is 2.24. The van der Waals surface area contributed by atoms with Crippen molar-refractivity contribution in [3.8, 4) is 5.75 Å². The second-order valence-corrected chi connectivity index (χ2v) is 6.50. The maximum atomic E-state index is 12.8. The molecule has 0 saturated heterocycles. The quantitative estimate of drug-likeness (QED) is 0.638. The summed E-state index contributed by atoms with van der Waals surface area (Å²) >= 11 is 6.03. The number of ether oxygens (including phenoxy) is 1. The van der Waals surface area contributed by atoms with Crippen LogP contribution in [0.4, 0.5) is 4.39 Å². The molecule has 1 N–H and O–H groups in total. The van der Waals surface area contributed by atoms with Gasteiger partial charge in [-0.3, -0.25) is 0 Å².